The lowest BCUT2D eigenvalue weighted by Crippen LogP contribution is -2.30. The maximum Gasteiger partial charge on any atom is 0.416 e. The molecular formula is C17H15F3O2S. The molecule has 2 rings (SSSR count). The summed E-state index contributed by atoms with van der Waals surface area (Å²) in [6.45, 7) is 6.71. The van der Waals surface area contributed by atoms with Gasteiger partial charge >= 0.3 is 12.1 Å². The average molecular weight is 340 g/mol. The first-order valence-corrected chi connectivity index (χ1v) is 7.68. The molecule has 1 heterocycles. The van der Waals surface area contributed by atoms with E-state index in [0.717, 1.165) is 12.1 Å². The lowest BCUT2D eigenvalue weighted by molar-refractivity contribution is -0.150. The molecule has 1 aromatic heterocycles. The van der Waals surface area contributed by atoms with Gasteiger partial charge in [-0.05, 0) is 48.4 Å². The second kappa shape index (κ2) is 6.20. The molecule has 0 amide bonds. The molecule has 0 fully saturated rings. The fourth-order valence-electron chi connectivity index (χ4n) is 2.07. The molecule has 122 valence electrons. The Hall–Kier alpha value is -2.08. The van der Waals surface area contributed by atoms with E-state index in [1.807, 2.05) is 5.38 Å². The number of halogens is 3. The van der Waals surface area contributed by atoms with E-state index in [1.165, 1.54) is 30.4 Å². The molecule has 0 spiro atoms. The van der Waals surface area contributed by atoms with Crippen LogP contribution in [0.1, 0.15) is 30.5 Å². The van der Waals surface area contributed by atoms with Crippen LogP contribution in [0.4, 0.5) is 13.2 Å². The Balaban J connectivity index is 2.46. The van der Waals surface area contributed by atoms with Crippen LogP contribution in [0.2, 0.25) is 0 Å². The second-order valence-corrected chi connectivity index (χ2v) is 6.07. The fraction of sp³-hybridized carbons (Fsp3) is 0.235. The molecule has 0 bridgehead atoms. The maximum absolute atomic E-state index is 12.7. The molecule has 0 aliphatic rings. The van der Waals surface area contributed by atoms with Crippen molar-refractivity contribution in [2.24, 2.45) is 0 Å². The predicted octanol–water partition coefficient (Wildman–Crippen LogP) is 5.15. The van der Waals surface area contributed by atoms with Crippen molar-refractivity contribution in [3.8, 4) is 0 Å². The standard InChI is InChI=1S/C17H15F3O2S/c1-11(2)15(21)22-16(3,14-8-9-23-10-14)12-4-6-13(7-5-12)17(18,19)20/h4-10H,1H2,2-3H3. The van der Waals surface area contributed by atoms with Crippen molar-refractivity contribution in [1.82, 2.24) is 0 Å². The van der Waals surface area contributed by atoms with E-state index in [1.54, 1.807) is 18.4 Å². The number of carbonyl (C=O) groups excluding carboxylic acids is 1. The number of esters is 1. The molecule has 1 unspecified atom stereocenters. The number of hydrogen-bond donors (Lipinski definition) is 0. The molecule has 6 heteroatoms. The van der Waals surface area contributed by atoms with E-state index in [-0.39, 0.29) is 5.57 Å². The summed E-state index contributed by atoms with van der Waals surface area (Å²) in [6, 6.07) is 6.38. The number of ether oxygens (including phenoxy) is 1. The smallest absolute Gasteiger partial charge is 0.416 e. The zero-order valence-electron chi connectivity index (χ0n) is 12.6. The Bertz CT molecular complexity index is 702. The third kappa shape index (κ3) is 3.64. The van der Waals surface area contributed by atoms with Crippen molar-refractivity contribution in [2.45, 2.75) is 25.6 Å². The van der Waals surface area contributed by atoms with Gasteiger partial charge in [-0.25, -0.2) is 4.79 Å². The van der Waals surface area contributed by atoms with Gasteiger partial charge in [0.05, 0.1) is 5.56 Å². The van der Waals surface area contributed by atoms with Crippen LogP contribution in [0.25, 0.3) is 0 Å². The van der Waals surface area contributed by atoms with E-state index >= 15 is 0 Å². The number of hydrogen-bond acceptors (Lipinski definition) is 3. The average Bonchev–Trinajstić information content (AvgIpc) is 3.01. The first-order chi connectivity index (χ1) is 10.6. The summed E-state index contributed by atoms with van der Waals surface area (Å²) in [6.07, 6.45) is -4.41. The Morgan fingerprint density at radius 3 is 2.09 bits per heavy atom. The highest BCUT2D eigenvalue weighted by Gasteiger charge is 2.36. The van der Waals surface area contributed by atoms with E-state index in [0.29, 0.717) is 11.1 Å². The molecule has 2 nitrogen and oxygen atoms in total. The lowest BCUT2D eigenvalue weighted by atomic mass is 9.89. The zero-order valence-corrected chi connectivity index (χ0v) is 13.4. The van der Waals surface area contributed by atoms with Crippen LogP contribution in [0.15, 0.2) is 53.2 Å². The Labute approximate surface area is 136 Å². The largest absolute Gasteiger partial charge is 0.446 e. The third-order valence-electron chi connectivity index (χ3n) is 3.48. The van der Waals surface area contributed by atoms with E-state index < -0.39 is 23.3 Å². The highest BCUT2D eigenvalue weighted by molar-refractivity contribution is 7.08. The van der Waals surface area contributed by atoms with Crippen molar-refractivity contribution in [1.29, 1.82) is 0 Å². The minimum atomic E-state index is -4.41. The molecule has 23 heavy (non-hydrogen) atoms. The fourth-order valence-corrected chi connectivity index (χ4v) is 2.82. The molecule has 0 saturated heterocycles. The summed E-state index contributed by atoms with van der Waals surface area (Å²) in [4.78, 5) is 12.0. The number of benzene rings is 1. The van der Waals surface area contributed by atoms with Gasteiger partial charge in [0, 0.05) is 11.1 Å². The normalized spacial score (nSPS) is 14.1. The first-order valence-electron chi connectivity index (χ1n) is 6.74. The van der Waals surface area contributed by atoms with Gasteiger partial charge in [-0.2, -0.15) is 24.5 Å². The minimum Gasteiger partial charge on any atom is -0.446 e. The van der Waals surface area contributed by atoms with Gasteiger partial charge in [0.15, 0.2) is 5.60 Å². The van der Waals surface area contributed by atoms with Crippen molar-refractivity contribution in [3.63, 3.8) is 0 Å². The van der Waals surface area contributed by atoms with Crippen molar-refractivity contribution < 1.29 is 22.7 Å². The first kappa shape index (κ1) is 17.3. The summed E-state index contributed by atoms with van der Waals surface area (Å²) in [7, 11) is 0. The molecule has 0 N–H and O–H groups in total. The Kier molecular flexibility index (Phi) is 4.66. The van der Waals surface area contributed by atoms with Crippen LogP contribution in [0.5, 0.6) is 0 Å². The molecule has 0 saturated carbocycles. The highest BCUT2D eigenvalue weighted by Crippen LogP contribution is 2.37. The quantitative estimate of drug-likeness (QED) is 0.568. The van der Waals surface area contributed by atoms with Gasteiger partial charge in [0.25, 0.3) is 0 Å². The van der Waals surface area contributed by atoms with E-state index in [4.69, 9.17) is 4.74 Å². The molecular weight excluding hydrogens is 325 g/mol. The lowest BCUT2D eigenvalue weighted by Gasteiger charge is -2.30. The highest BCUT2D eigenvalue weighted by atomic mass is 32.1. The van der Waals surface area contributed by atoms with Gasteiger partial charge < -0.3 is 4.74 Å². The van der Waals surface area contributed by atoms with Crippen molar-refractivity contribution in [3.05, 3.63) is 69.9 Å². The number of carbonyl (C=O) groups is 1. The van der Waals surface area contributed by atoms with Crippen LogP contribution in [-0.4, -0.2) is 5.97 Å². The SMILES string of the molecule is C=C(C)C(=O)OC(C)(c1ccc(C(F)(F)F)cc1)c1ccsc1. The summed E-state index contributed by atoms with van der Waals surface area (Å²) < 4.78 is 43.7. The van der Waals surface area contributed by atoms with Crippen LogP contribution in [0, 0.1) is 0 Å². The van der Waals surface area contributed by atoms with E-state index in [9.17, 15) is 18.0 Å². The zero-order chi connectivity index (χ0) is 17.3. The van der Waals surface area contributed by atoms with Gasteiger partial charge in [0.2, 0.25) is 0 Å². The van der Waals surface area contributed by atoms with Gasteiger partial charge in [0.1, 0.15) is 0 Å². The Morgan fingerprint density at radius 2 is 1.65 bits per heavy atom. The van der Waals surface area contributed by atoms with Crippen LogP contribution in [-0.2, 0) is 21.3 Å². The summed E-state index contributed by atoms with van der Waals surface area (Å²) >= 11 is 1.41. The topological polar surface area (TPSA) is 26.3 Å². The van der Waals surface area contributed by atoms with Crippen molar-refractivity contribution >= 4 is 17.3 Å². The van der Waals surface area contributed by atoms with Gasteiger partial charge in [-0.3, -0.25) is 0 Å². The molecule has 0 radical (unpaired) electrons. The number of rotatable bonds is 4. The molecule has 0 aliphatic heterocycles. The molecule has 1 aromatic carbocycles. The third-order valence-corrected chi connectivity index (χ3v) is 4.16. The van der Waals surface area contributed by atoms with Crippen LogP contribution < -0.4 is 0 Å². The maximum atomic E-state index is 12.7. The van der Waals surface area contributed by atoms with Gasteiger partial charge in [-0.1, -0.05) is 18.7 Å². The molecule has 1 atom stereocenters. The van der Waals surface area contributed by atoms with Crippen molar-refractivity contribution in [2.75, 3.05) is 0 Å². The van der Waals surface area contributed by atoms with Gasteiger partial charge in [-0.15, -0.1) is 0 Å². The minimum absolute atomic E-state index is 0.221. The molecule has 2 aromatic rings. The summed E-state index contributed by atoms with van der Waals surface area (Å²) in [5, 5.41) is 3.61. The Morgan fingerprint density at radius 1 is 1.09 bits per heavy atom. The summed E-state index contributed by atoms with van der Waals surface area (Å²) in [5.74, 6) is -0.599. The monoisotopic (exact) mass is 340 g/mol. The predicted molar refractivity (Wildman–Crippen MR) is 83.1 cm³/mol. The van der Waals surface area contributed by atoms with E-state index in [2.05, 4.69) is 6.58 Å². The van der Waals surface area contributed by atoms with Crippen LogP contribution in [0.3, 0.4) is 0 Å². The second-order valence-electron chi connectivity index (χ2n) is 5.29. The van der Waals surface area contributed by atoms with Crippen LogP contribution >= 0.6 is 11.3 Å². The number of thiophene rings is 1. The number of alkyl halides is 3. The molecule has 0 aliphatic carbocycles. The summed E-state index contributed by atoms with van der Waals surface area (Å²) in [5.41, 5.74) is -0.561.